The third-order valence-corrected chi connectivity index (χ3v) is 5.02. The molecule has 2 aromatic rings. The number of likely N-dealkylation sites (tertiary alicyclic amines) is 1. The van der Waals surface area contributed by atoms with Gasteiger partial charge in [0.25, 0.3) is 0 Å². The Kier molecular flexibility index (Phi) is 4.33. The Morgan fingerprint density at radius 1 is 1.21 bits per heavy atom. The number of carbonyl (C=O) groups is 1. The van der Waals surface area contributed by atoms with Gasteiger partial charge in [0.05, 0.1) is 5.54 Å². The van der Waals surface area contributed by atoms with Gasteiger partial charge >= 0.3 is 0 Å². The number of hydrogen-bond donors (Lipinski definition) is 2. The van der Waals surface area contributed by atoms with Gasteiger partial charge in [0, 0.05) is 24.8 Å². The Bertz CT molecular complexity index is 755. The number of hydrogen-bond acceptors (Lipinski definition) is 3. The number of carbonyl (C=O) groups excluding carboxylic acids is 1. The van der Waals surface area contributed by atoms with Crippen molar-refractivity contribution in [2.45, 2.75) is 39.3 Å². The van der Waals surface area contributed by atoms with Crippen molar-refractivity contribution >= 4 is 11.6 Å². The first-order valence-corrected chi connectivity index (χ1v) is 8.30. The number of anilines is 1. The molecule has 0 spiro atoms. The molecule has 126 valence electrons. The molecular weight excluding hydrogens is 300 g/mol. The molecule has 1 fully saturated rings. The van der Waals surface area contributed by atoms with Crippen LogP contribution in [0.2, 0.25) is 0 Å². The number of nitrogens with one attached hydrogen (secondary N) is 1. The molecule has 4 heteroatoms. The zero-order chi connectivity index (χ0) is 17.3. The second-order valence-corrected chi connectivity index (χ2v) is 6.89. The molecule has 4 nitrogen and oxygen atoms in total. The van der Waals surface area contributed by atoms with Crippen LogP contribution in [0.4, 0.5) is 5.69 Å². The van der Waals surface area contributed by atoms with E-state index in [2.05, 4.69) is 41.4 Å². The molecule has 2 N–H and O–H groups in total. The molecule has 2 aromatic carbocycles. The van der Waals surface area contributed by atoms with Gasteiger partial charge in [0.2, 0.25) is 5.91 Å². The van der Waals surface area contributed by atoms with E-state index in [0.29, 0.717) is 5.69 Å². The van der Waals surface area contributed by atoms with Gasteiger partial charge in [-0.25, -0.2) is 0 Å². The summed E-state index contributed by atoms with van der Waals surface area (Å²) in [6, 6.07) is 13.6. The van der Waals surface area contributed by atoms with Gasteiger partial charge in [-0.3, -0.25) is 9.69 Å². The highest BCUT2D eigenvalue weighted by molar-refractivity contribution is 5.98. The first-order valence-electron chi connectivity index (χ1n) is 8.30. The largest absolute Gasteiger partial charge is 0.508 e. The fourth-order valence-corrected chi connectivity index (χ4v) is 2.98. The lowest BCUT2D eigenvalue weighted by Crippen LogP contribution is -2.63. The lowest BCUT2D eigenvalue weighted by Gasteiger charge is -2.49. The van der Waals surface area contributed by atoms with Crippen molar-refractivity contribution in [3.63, 3.8) is 0 Å². The summed E-state index contributed by atoms with van der Waals surface area (Å²) in [6.07, 6.45) is 0.836. The fourth-order valence-electron chi connectivity index (χ4n) is 2.98. The van der Waals surface area contributed by atoms with Crippen LogP contribution in [0.15, 0.2) is 42.5 Å². The van der Waals surface area contributed by atoms with Crippen LogP contribution in [0.5, 0.6) is 5.75 Å². The van der Waals surface area contributed by atoms with Gasteiger partial charge in [-0.15, -0.1) is 0 Å². The van der Waals surface area contributed by atoms with Crippen LogP contribution < -0.4 is 5.32 Å². The molecule has 0 radical (unpaired) electrons. The van der Waals surface area contributed by atoms with Crippen LogP contribution in [0.1, 0.15) is 30.0 Å². The van der Waals surface area contributed by atoms with Crippen LogP contribution in [-0.4, -0.2) is 28.0 Å². The van der Waals surface area contributed by atoms with Crippen LogP contribution in [0, 0.1) is 13.8 Å². The van der Waals surface area contributed by atoms with Crippen molar-refractivity contribution in [1.29, 1.82) is 0 Å². The van der Waals surface area contributed by atoms with Crippen molar-refractivity contribution in [3.8, 4) is 5.75 Å². The van der Waals surface area contributed by atoms with Crippen LogP contribution in [0.3, 0.4) is 0 Å². The van der Waals surface area contributed by atoms with Crippen molar-refractivity contribution in [1.82, 2.24) is 4.90 Å². The van der Waals surface area contributed by atoms with E-state index in [4.69, 9.17) is 0 Å². The quantitative estimate of drug-likeness (QED) is 0.903. The molecule has 0 saturated carbocycles. The van der Waals surface area contributed by atoms with E-state index in [1.165, 1.54) is 11.1 Å². The topological polar surface area (TPSA) is 52.6 Å². The first kappa shape index (κ1) is 16.5. The molecule has 1 aliphatic heterocycles. The summed E-state index contributed by atoms with van der Waals surface area (Å²) in [5.74, 6) is 0.173. The van der Waals surface area contributed by atoms with Crippen LogP contribution >= 0.6 is 0 Å². The molecule has 24 heavy (non-hydrogen) atoms. The fraction of sp³-hybridized carbons (Fsp3) is 0.350. The number of aromatic hydroxyl groups is 1. The van der Waals surface area contributed by atoms with Gasteiger partial charge in [-0.1, -0.05) is 35.9 Å². The summed E-state index contributed by atoms with van der Waals surface area (Å²) < 4.78 is 0. The summed E-state index contributed by atoms with van der Waals surface area (Å²) in [5.41, 5.74) is 3.37. The number of rotatable bonds is 4. The number of phenols is 1. The van der Waals surface area contributed by atoms with Gasteiger partial charge in [0.1, 0.15) is 5.75 Å². The molecule has 1 saturated heterocycles. The monoisotopic (exact) mass is 324 g/mol. The maximum atomic E-state index is 12.7. The number of nitrogens with zero attached hydrogens (tertiary/aromatic N) is 1. The second-order valence-electron chi connectivity index (χ2n) is 6.89. The van der Waals surface area contributed by atoms with E-state index in [1.807, 2.05) is 19.9 Å². The van der Waals surface area contributed by atoms with Gasteiger partial charge in [0.15, 0.2) is 0 Å². The van der Waals surface area contributed by atoms with E-state index in [-0.39, 0.29) is 11.7 Å². The van der Waals surface area contributed by atoms with Crippen LogP contribution in [0.25, 0.3) is 0 Å². The molecule has 1 aliphatic rings. The molecule has 3 rings (SSSR count). The Hall–Kier alpha value is -2.33. The first-order chi connectivity index (χ1) is 11.4. The van der Waals surface area contributed by atoms with Crippen LogP contribution in [-0.2, 0) is 11.3 Å². The number of benzene rings is 2. The lowest BCUT2D eigenvalue weighted by molar-refractivity contribution is -0.136. The Labute approximate surface area is 143 Å². The zero-order valence-corrected chi connectivity index (χ0v) is 14.5. The predicted molar refractivity (Wildman–Crippen MR) is 96.1 cm³/mol. The van der Waals surface area contributed by atoms with Crippen molar-refractivity contribution in [2.75, 3.05) is 11.9 Å². The van der Waals surface area contributed by atoms with Gasteiger partial charge in [-0.2, -0.15) is 0 Å². The van der Waals surface area contributed by atoms with E-state index >= 15 is 0 Å². The maximum Gasteiger partial charge on any atom is 0.244 e. The zero-order valence-electron chi connectivity index (χ0n) is 14.5. The normalized spacial score (nSPS) is 20.5. The summed E-state index contributed by atoms with van der Waals surface area (Å²) in [6.45, 7) is 7.56. The summed E-state index contributed by atoms with van der Waals surface area (Å²) in [7, 11) is 0. The summed E-state index contributed by atoms with van der Waals surface area (Å²) in [5, 5.41) is 12.7. The highest BCUT2D eigenvalue weighted by Crippen LogP contribution is 2.33. The Morgan fingerprint density at radius 3 is 2.50 bits per heavy atom. The van der Waals surface area contributed by atoms with E-state index < -0.39 is 5.54 Å². The standard InChI is InChI=1S/C20H24N2O2/c1-14-4-7-16(8-5-14)13-22-11-10-20(22,3)19(24)21-17-9-6-15(2)18(23)12-17/h4-9,12,23H,10-11,13H2,1-3H3,(H,21,24). The third kappa shape index (κ3) is 3.15. The molecule has 1 heterocycles. The molecular formula is C20H24N2O2. The molecule has 0 aliphatic carbocycles. The molecule has 1 unspecified atom stereocenters. The molecule has 0 aromatic heterocycles. The van der Waals surface area contributed by atoms with E-state index in [9.17, 15) is 9.90 Å². The molecule has 1 atom stereocenters. The lowest BCUT2D eigenvalue weighted by atomic mass is 9.85. The molecule has 1 amide bonds. The van der Waals surface area contributed by atoms with Gasteiger partial charge < -0.3 is 10.4 Å². The Balaban J connectivity index is 1.69. The predicted octanol–water partition coefficient (Wildman–Crippen LogP) is 3.61. The van der Waals surface area contributed by atoms with E-state index in [1.54, 1.807) is 12.1 Å². The average Bonchev–Trinajstić information content (AvgIpc) is 2.55. The smallest absolute Gasteiger partial charge is 0.244 e. The Morgan fingerprint density at radius 2 is 1.92 bits per heavy atom. The average molecular weight is 324 g/mol. The minimum absolute atomic E-state index is 0.0240. The van der Waals surface area contributed by atoms with Crippen molar-refractivity contribution in [2.24, 2.45) is 0 Å². The van der Waals surface area contributed by atoms with Crippen molar-refractivity contribution in [3.05, 3.63) is 59.2 Å². The maximum absolute atomic E-state index is 12.7. The second kappa shape index (κ2) is 6.29. The third-order valence-electron chi connectivity index (χ3n) is 5.02. The number of amides is 1. The highest BCUT2D eigenvalue weighted by Gasteiger charge is 2.46. The summed E-state index contributed by atoms with van der Waals surface area (Å²) >= 11 is 0. The minimum Gasteiger partial charge on any atom is -0.508 e. The SMILES string of the molecule is Cc1ccc(CN2CCC2(C)C(=O)Nc2ccc(C)c(O)c2)cc1. The minimum atomic E-state index is -0.509. The van der Waals surface area contributed by atoms with E-state index in [0.717, 1.165) is 25.1 Å². The van der Waals surface area contributed by atoms with Crippen molar-refractivity contribution < 1.29 is 9.90 Å². The summed E-state index contributed by atoms with van der Waals surface area (Å²) in [4.78, 5) is 14.9. The number of aryl methyl sites for hydroxylation is 2. The highest BCUT2D eigenvalue weighted by atomic mass is 16.3. The van der Waals surface area contributed by atoms with Gasteiger partial charge in [-0.05, 0) is 44.4 Å². The molecule has 0 bridgehead atoms. The number of phenolic OH excluding ortho intramolecular Hbond substituents is 1.